The zero-order valence-corrected chi connectivity index (χ0v) is 18.8. The van der Waals surface area contributed by atoms with Gasteiger partial charge >= 0.3 is 6.09 Å². The van der Waals surface area contributed by atoms with Crippen molar-refractivity contribution >= 4 is 11.9 Å². The molecule has 0 bridgehead atoms. The van der Waals surface area contributed by atoms with Crippen molar-refractivity contribution in [3.63, 3.8) is 0 Å². The quantitative estimate of drug-likeness (QED) is 0.505. The predicted octanol–water partition coefficient (Wildman–Crippen LogP) is 3.25. The molecule has 0 radical (unpaired) electrons. The zero-order valence-electron chi connectivity index (χ0n) is 18.8. The average Bonchev–Trinajstić information content (AvgIpc) is 2.58. The van der Waals surface area contributed by atoms with E-state index in [0.29, 0.717) is 37.0 Å². The smallest absolute Gasteiger partial charge is 0.407 e. The van der Waals surface area contributed by atoms with Crippen molar-refractivity contribution < 1.29 is 19.0 Å². The van der Waals surface area contributed by atoms with Crippen LogP contribution in [0.5, 0.6) is 0 Å². The van der Waals surface area contributed by atoms with Crippen LogP contribution in [0.1, 0.15) is 59.9 Å². The van der Waals surface area contributed by atoms with Gasteiger partial charge in [-0.1, -0.05) is 5.92 Å². The van der Waals surface area contributed by atoms with E-state index in [1.165, 1.54) is 0 Å². The fourth-order valence-electron chi connectivity index (χ4n) is 2.20. The van der Waals surface area contributed by atoms with Crippen LogP contribution in [0.2, 0.25) is 0 Å². The maximum Gasteiger partial charge on any atom is 0.407 e. The third-order valence-electron chi connectivity index (χ3n) is 3.40. The Morgan fingerprint density at radius 2 is 1.79 bits per heavy atom. The molecule has 2 N–H and O–H groups in total. The molecular weight excluding hydrogens is 372 g/mol. The van der Waals surface area contributed by atoms with Crippen LogP contribution in [0.4, 0.5) is 10.6 Å². The number of ether oxygens (including phenoxy) is 3. The molecule has 1 heterocycles. The molecule has 162 valence electrons. The van der Waals surface area contributed by atoms with Crippen LogP contribution in [0.25, 0.3) is 0 Å². The van der Waals surface area contributed by atoms with Crippen molar-refractivity contribution in [1.29, 1.82) is 0 Å². The Balaban J connectivity index is 2.92. The first-order valence-electron chi connectivity index (χ1n) is 9.79. The average molecular weight is 407 g/mol. The molecule has 0 fully saturated rings. The van der Waals surface area contributed by atoms with Gasteiger partial charge in [0.15, 0.2) is 0 Å². The van der Waals surface area contributed by atoms with Crippen LogP contribution in [0.15, 0.2) is 6.20 Å². The van der Waals surface area contributed by atoms with Crippen molar-refractivity contribution in [3.05, 3.63) is 17.6 Å². The number of nitrogens with zero attached hydrogens (tertiary/aromatic N) is 2. The van der Waals surface area contributed by atoms with Crippen molar-refractivity contribution in [2.24, 2.45) is 0 Å². The number of carbonyl (C=O) groups excluding carboxylic acids is 1. The molecule has 0 saturated carbocycles. The van der Waals surface area contributed by atoms with E-state index in [-0.39, 0.29) is 0 Å². The lowest BCUT2D eigenvalue weighted by Gasteiger charge is -2.28. The summed E-state index contributed by atoms with van der Waals surface area (Å²) in [5.74, 6) is 7.17. The molecule has 0 aliphatic carbocycles. The number of nitrogens with one attached hydrogen (secondary N) is 2. The van der Waals surface area contributed by atoms with Crippen molar-refractivity contribution in [1.82, 2.24) is 15.3 Å². The van der Waals surface area contributed by atoms with Crippen LogP contribution in [0, 0.1) is 18.8 Å². The SMILES string of the molecule is CCOC(C#Cc1cnc(C)nc1NC(C)(C)CNC(=O)OC(C)(C)C)OCC. The Morgan fingerprint density at radius 1 is 1.17 bits per heavy atom. The summed E-state index contributed by atoms with van der Waals surface area (Å²) in [6.45, 7) is 16.3. The highest BCUT2D eigenvalue weighted by Crippen LogP contribution is 2.17. The first kappa shape index (κ1) is 24.7. The fraction of sp³-hybridized carbons (Fsp3) is 0.667. The van der Waals surface area contributed by atoms with E-state index in [1.807, 2.05) is 48.5 Å². The summed E-state index contributed by atoms with van der Waals surface area (Å²) in [5, 5.41) is 6.10. The van der Waals surface area contributed by atoms with Gasteiger partial charge in [-0.15, -0.1) is 0 Å². The third-order valence-corrected chi connectivity index (χ3v) is 3.40. The van der Waals surface area contributed by atoms with Gasteiger partial charge in [-0.2, -0.15) is 0 Å². The lowest BCUT2D eigenvalue weighted by molar-refractivity contribution is -0.0969. The standard InChI is InChI=1S/C21H34N4O4/c1-9-27-17(28-10-2)12-11-16-13-22-15(3)24-18(16)25-21(7,8)14-23-19(26)29-20(4,5)6/h13,17H,9-10,14H2,1-8H3,(H,23,26)(H,22,24,25). The highest BCUT2D eigenvalue weighted by molar-refractivity contribution is 5.68. The summed E-state index contributed by atoms with van der Waals surface area (Å²) >= 11 is 0. The van der Waals surface area contributed by atoms with Crippen LogP contribution in [0.3, 0.4) is 0 Å². The molecule has 0 unspecified atom stereocenters. The summed E-state index contributed by atoms with van der Waals surface area (Å²) in [7, 11) is 0. The third kappa shape index (κ3) is 10.1. The molecule has 0 spiro atoms. The number of amides is 1. The van der Waals surface area contributed by atoms with Crippen LogP contribution in [-0.2, 0) is 14.2 Å². The Labute approximate surface area is 174 Å². The van der Waals surface area contributed by atoms with Gasteiger partial charge in [0.2, 0.25) is 6.29 Å². The maximum atomic E-state index is 11.9. The highest BCUT2D eigenvalue weighted by atomic mass is 16.7. The highest BCUT2D eigenvalue weighted by Gasteiger charge is 2.23. The normalized spacial score (nSPS) is 11.6. The second-order valence-corrected chi connectivity index (χ2v) is 8.06. The second-order valence-electron chi connectivity index (χ2n) is 8.06. The van der Waals surface area contributed by atoms with Gasteiger partial charge in [0.25, 0.3) is 0 Å². The van der Waals surface area contributed by atoms with Crippen molar-refractivity contribution in [2.75, 3.05) is 25.1 Å². The summed E-state index contributed by atoms with van der Waals surface area (Å²) in [5.41, 5.74) is -0.440. The van der Waals surface area contributed by atoms with Gasteiger partial charge in [0.1, 0.15) is 17.2 Å². The molecule has 0 saturated heterocycles. The van der Waals surface area contributed by atoms with E-state index < -0.39 is 23.5 Å². The van der Waals surface area contributed by atoms with E-state index in [2.05, 4.69) is 32.4 Å². The van der Waals surface area contributed by atoms with E-state index in [9.17, 15) is 4.79 Å². The Hall–Kier alpha value is -2.37. The Morgan fingerprint density at radius 3 is 2.34 bits per heavy atom. The van der Waals surface area contributed by atoms with E-state index in [0.717, 1.165) is 0 Å². The van der Waals surface area contributed by atoms with Crippen molar-refractivity contribution in [3.8, 4) is 11.8 Å². The number of aryl methyl sites for hydroxylation is 1. The largest absolute Gasteiger partial charge is 0.444 e. The Bertz CT molecular complexity index is 726. The fourth-order valence-corrected chi connectivity index (χ4v) is 2.20. The van der Waals surface area contributed by atoms with E-state index in [1.54, 1.807) is 13.1 Å². The molecule has 0 aliphatic heterocycles. The summed E-state index contributed by atoms with van der Waals surface area (Å²) in [4.78, 5) is 20.6. The van der Waals surface area contributed by atoms with Gasteiger partial charge < -0.3 is 24.8 Å². The number of alkyl carbamates (subject to hydrolysis) is 1. The van der Waals surface area contributed by atoms with Crippen LogP contribution in [-0.4, -0.2) is 53.2 Å². The van der Waals surface area contributed by atoms with Gasteiger partial charge in [-0.3, -0.25) is 0 Å². The molecule has 1 rings (SSSR count). The number of aromatic nitrogens is 2. The molecule has 0 atom stereocenters. The first-order chi connectivity index (χ1) is 13.5. The lowest BCUT2D eigenvalue weighted by atomic mass is 10.1. The number of hydrogen-bond acceptors (Lipinski definition) is 7. The summed E-state index contributed by atoms with van der Waals surface area (Å²) in [6.07, 6.45) is 0.577. The van der Waals surface area contributed by atoms with Gasteiger partial charge in [-0.05, 0) is 61.3 Å². The number of hydrogen-bond donors (Lipinski definition) is 2. The van der Waals surface area contributed by atoms with Gasteiger partial charge in [0, 0.05) is 26.0 Å². The van der Waals surface area contributed by atoms with Crippen LogP contribution >= 0.6 is 0 Å². The minimum absolute atomic E-state index is 0.332. The van der Waals surface area contributed by atoms with Crippen LogP contribution < -0.4 is 10.6 Å². The molecular formula is C21H34N4O4. The molecule has 1 aromatic heterocycles. The summed E-state index contributed by atoms with van der Waals surface area (Å²) < 4.78 is 16.2. The van der Waals surface area contributed by atoms with E-state index in [4.69, 9.17) is 14.2 Å². The minimum Gasteiger partial charge on any atom is -0.444 e. The monoisotopic (exact) mass is 406 g/mol. The molecule has 29 heavy (non-hydrogen) atoms. The zero-order chi connectivity index (χ0) is 22.1. The second kappa shape index (κ2) is 11.0. The minimum atomic E-state index is -0.610. The topological polar surface area (TPSA) is 94.6 Å². The summed E-state index contributed by atoms with van der Waals surface area (Å²) in [6, 6.07) is 0. The van der Waals surface area contributed by atoms with Crippen molar-refractivity contribution in [2.45, 2.75) is 72.8 Å². The number of anilines is 1. The molecule has 8 heteroatoms. The first-order valence-corrected chi connectivity index (χ1v) is 9.79. The molecule has 1 amide bonds. The molecule has 0 aliphatic rings. The molecule has 0 aromatic carbocycles. The van der Waals surface area contributed by atoms with E-state index >= 15 is 0 Å². The number of carbonyl (C=O) groups is 1. The van der Waals surface area contributed by atoms with Gasteiger partial charge in [0.05, 0.1) is 11.1 Å². The predicted molar refractivity (Wildman–Crippen MR) is 113 cm³/mol. The lowest BCUT2D eigenvalue weighted by Crippen LogP contribution is -2.45. The molecule has 1 aromatic rings. The Kier molecular flexibility index (Phi) is 9.34. The molecule has 8 nitrogen and oxygen atoms in total. The number of rotatable bonds is 8. The maximum absolute atomic E-state index is 11.9. The van der Waals surface area contributed by atoms with Gasteiger partial charge in [-0.25, -0.2) is 14.8 Å².